The van der Waals surface area contributed by atoms with Crippen LogP contribution >= 0.6 is 0 Å². The van der Waals surface area contributed by atoms with Gasteiger partial charge < -0.3 is 14.5 Å². The molecular formula is C14H17N3O2. The third-order valence-electron chi connectivity index (χ3n) is 3.42. The first kappa shape index (κ1) is 12.2. The van der Waals surface area contributed by atoms with E-state index in [1.54, 1.807) is 12.3 Å². The summed E-state index contributed by atoms with van der Waals surface area (Å²) < 4.78 is 5.56. The van der Waals surface area contributed by atoms with Crippen LogP contribution in [0, 0.1) is 0 Å². The van der Waals surface area contributed by atoms with Crippen LogP contribution in [0.25, 0.3) is 10.9 Å². The van der Waals surface area contributed by atoms with Crippen molar-refractivity contribution >= 4 is 16.6 Å². The summed E-state index contributed by atoms with van der Waals surface area (Å²) in [5.74, 6) is 5.95. The first-order chi connectivity index (χ1) is 9.28. The molecule has 1 saturated heterocycles. The highest BCUT2D eigenvalue weighted by atomic mass is 16.6. The van der Waals surface area contributed by atoms with E-state index in [0.29, 0.717) is 5.75 Å². The molecule has 1 unspecified atom stereocenters. The zero-order valence-electron chi connectivity index (χ0n) is 10.9. The number of benzene rings is 1. The second kappa shape index (κ2) is 5.03. The minimum Gasteiger partial charge on any atom is -0.411 e. The van der Waals surface area contributed by atoms with Gasteiger partial charge in [0.1, 0.15) is 0 Å². The summed E-state index contributed by atoms with van der Waals surface area (Å²) in [6.45, 7) is 4.63. The highest BCUT2D eigenvalue weighted by molar-refractivity contribution is 5.88. The standard InChI is InChI=1S/C14H17N3O2/c1-10-9-17(6-7-18-10)11-2-3-13-12(8-11)14(19-15)4-5-16-13/h2-5,8,10H,6-7,9,15H2,1H3. The zero-order valence-corrected chi connectivity index (χ0v) is 10.9. The van der Waals surface area contributed by atoms with Crippen LogP contribution in [0.5, 0.6) is 5.75 Å². The normalized spacial score (nSPS) is 19.7. The fraction of sp³-hybridized carbons (Fsp3) is 0.357. The molecule has 0 aliphatic carbocycles. The third kappa shape index (κ3) is 2.34. The minimum absolute atomic E-state index is 0.253. The van der Waals surface area contributed by atoms with Crippen molar-refractivity contribution in [3.05, 3.63) is 30.5 Å². The molecule has 5 heteroatoms. The molecule has 19 heavy (non-hydrogen) atoms. The van der Waals surface area contributed by atoms with Crippen LogP contribution in [0.15, 0.2) is 30.5 Å². The average Bonchev–Trinajstić information content (AvgIpc) is 2.46. The predicted molar refractivity (Wildman–Crippen MR) is 74.2 cm³/mol. The van der Waals surface area contributed by atoms with Crippen LogP contribution < -0.4 is 15.6 Å². The van der Waals surface area contributed by atoms with Gasteiger partial charge in [-0.25, -0.2) is 0 Å². The lowest BCUT2D eigenvalue weighted by Crippen LogP contribution is -2.41. The van der Waals surface area contributed by atoms with E-state index < -0.39 is 0 Å². The number of morpholine rings is 1. The number of nitrogens with two attached hydrogens (primary N) is 1. The van der Waals surface area contributed by atoms with E-state index in [1.807, 2.05) is 6.07 Å². The highest BCUT2D eigenvalue weighted by Crippen LogP contribution is 2.28. The van der Waals surface area contributed by atoms with Crippen molar-refractivity contribution < 1.29 is 9.57 Å². The maximum atomic E-state index is 5.56. The maximum absolute atomic E-state index is 5.56. The smallest absolute Gasteiger partial charge is 0.157 e. The molecule has 3 rings (SSSR count). The van der Waals surface area contributed by atoms with Crippen LogP contribution in [-0.2, 0) is 4.74 Å². The molecular weight excluding hydrogens is 242 g/mol. The van der Waals surface area contributed by atoms with Crippen molar-refractivity contribution in [3.63, 3.8) is 0 Å². The van der Waals surface area contributed by atoms with Crippen molar-refractivity contribution in [2.75, 3.05) is 24.6 Å². The van der Waals surface area contributed by atoms with Crippen LogP contribution in [0.2, 0.25) is 0 Å². The van der Waals surface area contributed by atoms with Gasteiger partial charge in [0.2, 0.25) is 0 Å². The van der Waals surface area contributed by atoms with Crippen LogP contribution in [0.4, 0.5) is 5.69 Å². The Balaban J connectivity index is 2.00. The molecule has 2 N–H and O–H groups in total. The number of hydrogen-bond acceptors (Lipinski definition) is 5. The molecule has 1 aromatic carbocycles. The largest absolute Gasteiger partial charge is 0.411 e. The molecule has 1 fully saturated rings. The third-order valence-corrected chi connectivity index (χ3v) is 3.42. The van der Waals surface area contributed by atoms with Gasteiger partial charge in [-0.05, 0) is 25.1 Å². The molecule has 0 spiro atoms. The first-order valence-electron chi connectivity index (χ1n) is 6.40. The zero-order chi connectivity index (χ0) is 13.2. The summed E-state index contributed by atoms with van der Waals surface area (Å²) in [7, 11) is 0. The Labute approximate surface area is 111 Å². The summed E-state index contributed by atoms with van der Waals surface area (Å²) in [6.07, 6.45) is 1.95. The number of fused-ring (bicyclic) bond motifs is 1. The summed E-state index contributed by atoms with van der Waals surface area (Å²) in [5, 5.41) is 0.932. The molecule has 1 aromatic heterocycles. The van der Waals surface area contributed by atoms with Crippen LogP contribution in [-0.4, -0.2) is 30.8 Å². The number of nitrogens with zero attached hydrogens (tertiary/aromatic N) is 2. The number of anilines is 1. The lowest BCUT2D eigenvalue weighted by molar-refractivity contribution is 0.0532. The Bertz CT molecular complexity index is 588. The van der Waals surface area contributed by atoms with Crippen molar-refractivity contribution in [1.82, 2.24) is 4.98 Å². The van der Waals surface area contributed by atoms with Crippen LogP contribution in [0.1, 0.15) is 6.92 Å². The second-order valence-electron chi connectivity index (χ2n) is 4.76. The van der Waals surface area contributed by atoms with Gasteiger partial charge in [0.25, 0.3) is 0 Å². The van der Waals surface area contributed by atoms with E-state index in [2.05, 4.69) is 28.9 Å². The van der Waals surface area contributed by atoms with Crippen LogP contribution in [0.3, 0.4) is 0 Å². The molecule has 1 aliphatic heterocycles. The molecule has 100 valence electrons. The van der Waals surface area contributed by atoms with Gasteiger partial charge >= 0.3 is 0 Å². The lowest BCUT2D eigenvalue weighted by atomic mass is 10.1. The van der Waals surface area contributed by atoms with Gasteiger partial charge in [-0.15, -0.1) is 0 Å². The van der Waals surface area contributed by atoms with E-state index in [-0.39, 0.29) is 6.10 Å². The van der Waals surface area contributed by atoms with Crippen molar-refractivity contribution in [1.29, 1.82) is 0 Å². The molecule has 2 heterocycles. The second-order valence-corrected chi connectivity index (χ2v) is 4.76. The fourth-order valence-corrected chi connectivity index (χ4v) is 2.46. The Morgan fingerprint density at radius 2 is 2.32 bits per heavy atom. The molecule has 5 nitrogen and oxygen atoms in total. The maximum Gasteiger partial charge on any atom is 0.157 e. The van der Waals surface area contributed by atoms with Gasteiger partial charge in [0, 0.05) is 36.4 Å². The van der Waals surface area contributed by atoms with Gasteiger partial charge in [-0.3, -0.25) is 4.98 Å². The number of hydrogen-bond donors (Lipinski definition) is 1. The summed E-state index contributed by atoms with van der Waals surface area (Å²) in [5.41, 5.74) is 2.03. The number of pyridine rings is 1. The SMILES string of the molecule is CC1CN(c2ccc3nccc(ON)c3c2)CCO1. The Morgan fingerprint density at radius 3 is 3.11 bits per heavy atom. The van der Waals surface area contributed by atoms with Crippen molar-refractivity contribution in [3.8, 4) is 5.75 Å². The monoisotopic (exact) mass is 259 g/mol. The number of rotatable bonds is 2. The molecule has 0 radical (unpaired) electrons. The quantitative estimate of drug-likeness (QED) is 0.832. The van der Waals surface area contributed by atoms with E-state index >= 15 is 0 Å². The van der Waals surface area contributed by atoms with Crippen molar-refractivity contribution in [2.45, 2.75) is 13.0 Å². The van der Waals surface area contributed by atoms with E-state index in [4.69, 9.17) is 15.5 Å². The van der Waals surface area contributed by atoms with E-state index in [1.165, 1.54) is 0 Å². The summed E-state index contributed by atoms with van der Waals surface area (Å²) in [6, 6.07) is 7.91. The predicted octanol–water partition coefficient (Wildman–Crippen LogP) is 1.71. The molecule has 0 bridgehead atoms. The molecule has 1 aliphatic rings. The van der Waals surface area contributed by atoms with Gasteiger partial charge in [0.05, 0.1) is 18.2 Å². The Morgan fingerprint density at radius 1 is 1.42 bits per heavy atom. The minimum atomic E-state index is 0.253. The molecule has 0 saturated carbocycles. The molecule has 0 amide bonds. The lowest BCUT2D eigenvalue weighted by Gasteiger charge is -2.33. The highest BCUT2D eigenvalue weighted by Gasteiger charge is 2.17. The van der Waals surface area contributed by atoms with E-state index in [9.17, 15) is 0 Å². The average molecular weight is 259 g/mol. The number of ether oxygens (including phenoxy) is 1. The van der Waals surface area contributed by atoms with Gasteiger partial charge in [-0.2, -0.15) is 5.90 Å². The Hall–Kier alpha value is -1.85. The molecule has 1 atom stereocenters. The first-order valence-corrected chi connectivity index (χ1v) is 6.40. The van der Waals surface area contributed by atoms with Gasteiger partial charge in [0.15, 0.2) is 5.75 Å². The van der Waals surface area contributed by atoms with E-state index in [0.717, 1.165) is 36.3 Å². The molecule has 2 aromatic rings. The number of aromatic nitrogens is 1. The fourth-order valence-electron chi connectivity index (χ4n) is 2.46. The van der Waals surface area contributed by atoms with Crippen molar-refractivity contribution in [2.24, 2.45) is 5.90 Å². The topological polar surface area (TPSA) is 60.6 Å². The summed E-state index contributed by atoms with van der Waals surface area (Å²) in [4.78, 5) is 11.5. The summed E-state index contributed by atoms with van der Waals surface area (Å²) >= 11 is 0. The Kier molecular flexibility index (Phi) is 3.23. The van der Waals surface area contributed by atoms with Gasteiger partial charge in [-0.1, -0.05) is 0 Å².